The van der Waals surface area contributed by atoms with E-state index >= 15 is 0 Å². The van der Waals surface area contributed by atoms with E-state index in [1.54, 1.807) is 32.2 Å². The number of methoxy groups -OCH3 is 1. The molecule has 10 heteroatoms. The fourth-order valence-electron chi connectivity index (χ4n) is 2.69. The van der Waals surface area contributed by atoms with Crippen LogP contribution in [-0.4, -0.2) is 36.1 Å². The first-order valence-electron chi connectivity index (χ1n) is 7.54. The number of esters is 1. The van der Waals surface area contributed by atoms with Gasteiger partial charge in [-0.3, -0.25) is 0 Å². The van der Waals surface area contributed by atoms with Gasteiger partial charge in [-0.25, -0.2) is 27.9 Å². The van der Waals surface area contributed by atoms with Crippen molar-refractivity contribution in [1.29, 1.82) is 0 Å². The lowest BCUT2D eigenvalue weighted by atomic mass is 10.2. The number of fused-ring (bicyclic) bond motifs is 1. The number of aryl methyl sites for hydroxylation is 2. The minimum Gasteiger partial charge on any atom is -0.465 e. The minimum atomic E-state index is -3.85. The molecular weight excluding hydrogens is 358 g/mol. The van der Waals surface area contributed by atoms with E-state index in [1.807, 2.05) is 0 Å². The van der Waals surface area contributed by atoms with Crippen LogP contribution in [0, 0.1) is 13.8 Å². The van der Waals surface area contributed by atoms with Crippen molar-refractivity contribution in [3.63, 3.8) is 0 Å². The van der Waals surface area contributed by atoms with Crippen LogP contribution in [0.5, 0.6) is 0 Å². The molecule has 0 radical (unpaired) electrons. The third-order valence-corrected chi connectivity index (χ3v) is 5.04. The number of aromatic nitrogens is 3. The average molecular weight is 375 g/mol. The number of carbonyl (C=O) groups excluding carboxylic acids is 1. The highest BCUT2D eigenvalue weighted by Crippen LogP contribution is 2.27. The summed E-state index contributed by atoms with van der Waals surface area (Å²) < 4.78 is 29.7. The van der Waals surface area contributed by atoms with Gasteiger partial charge >= 0.3 is 5.97 Å². The Balaban J connectivity index is 2.10. The Labute approximate surface area is 149 Å². The number of nitrogens with one attached hydrogen (secondary N) is 1. The van der Waals surface area contributed by atoms with Crippen molar-refractivity contribution < 1.29 is 17.9 Å². The highest BCUT2D eigenvalue weighted by Gasteiger charge is 2.19. The van der Waals surface area contributed by atoms with E-state index in [9.17, 15) is 13.2 Å². The van der Waals surface area contributed by atoms with Gasteiger partial charge in [-0.05, 0) is 37.1 Å². The molecule has 0 atom stereocenters. The SMILES string of the molecule is COC(=O)c1cn2ncnc(Nc3ccc(C)c(S(N)(=O)=O)c3)c2c1C. The monoisotopic (exact) mass is 375 g/mol. The van der Waals surface area contributed by atoms with Gasteiger partial charge in [0.1, 0.15) is 11.8 Å². The van der Waals surface area contributed by atoms with Crippen LogP contribution in [0.1, 0.15) is 21.5 Å². The molecule has 26 heavy (non-hydrogen) atoms. The van der Waals surface area contributed by atoms with Crippen molar-refractivity contribution in [2.45, 2.75) is 18.7 Å². The first kappa shape index (κ1) is 17.8. The summed E-state index contributed by atoms with van der Waals surface area (Å²) >= 11 is 0. The lowest BCUT2D eigenvalue weighted by Crippen LogP contribution is -2.14. The quantitative estimate of drug-likeness (QED) is 0.662. The third kappa shape index (κ3) is 3.11. The normalized spacial score (nSPS) is 11.5. The molecule has 0 spiro atoms. The maximum absolute atomic E-state index is 11.9. The first-order chi connectivity index (χ1) is 12.2. The van der Waals surface area contributed by atoms with Gasteiger partial charge in [-0.2, -0.15) is 5.10 Å². The van der Waals surface area contributed by atoms with Crippen molar-refractivity contribution in [2.24, 2.45) is 5.14 Å². The smallest absolute Gasteiger partial charge is 0.339 e. The topological polar surface area (TPSA) is 129 Å². The van der Waals surface area contributed by atoms with E-state index in [4.69, 9.17) is 9.88 Å². The summed E-state index contributed by atoms with van der Waals surface area (Å²) in [6.07, 6.45) is 2.87. The molecule has 0 aliphatic carbocycles. The summed E-state index contributed by atoms with van der Waals surface area (Å²) in [4.78, 5) is 16.1. The molecule has 0 amide bonds. The second-order valence-electron chi connectivity index (χ2n) is 5.71. The summed E-state index contributed by atoms with van der Waals surface area (Å²) in [6, 6.07) is 4.79. The maximum atomic E-state index is 11.9. The lowest BCUT2D eigenvalue weighted by Gasteiger charge is -2.10. The van der Waals surface area contributed by atoms with Crippen LogP contribution in [0.25, 0.3) is 5.52 Å². The van der Waals surface area contributed by atoms with Crippen LogP contribution in [-0.2, 0) is 14.8 Å². The van der Waals surface area contributed by atoms with Crippen molar-refractivity contribution >= 4 is 33.0 Å². The number of benzene rings is 1. The van der Waals surface area contributed by atoms with E-state index < -0.39 is 16.0 Å². The molecule has 3 aromatic rings. The van der Waals surface area contributed by atoms with E-state index in [2.05, 4.69) is 15.4 Å². The Morgan fingerprint density at radius 3 is 2.69 bits per heavy atom. The van der Waals surface area contributed by atoms with E-state index in [0.717, 1.165) is 0 Å². The summed E-state index contributed by atoms with van der Waals surface area (Å²) in [5, 5.41) is 12.4. The number of hydrogen-bond donors (Lipinski definition) is 2. The predicted octanol–water partition coefficient (Wildman–Crippen LogP) is 1.52. The Bertz CT molecular complexity index is 1120. The molecule has 0 fully saturated rings. The van der Waals surface area contributed by atoms with Crippen molar-refractivity contribution in [3.8, 4) is 0 Å². The molecule has 0 saturated carbocycles. The largest absolute Gasteiger partial charge is 0.465 e. The molecule has 0 aliphatic rings. The summed E-state index contributed by atoms with van der Waals surface area (Å²) in [5.41, 5.74) is 2.60. The molecule has 136 valence electrons. The number of primary sulfonamides is 1. The Kier molecular flexibility index (Phi) is 4.38. The van der Waals surface area contributed by atoms with Gasteiger partial charge in [0.2, 0.25) is 10.0 Å². The summed E-state index contributed by atoms with van der Waals surface area (Å²) in [6.45, 7) is 3.41. The van der Waals surface area contributed by atoms with Crippen LogP contribution in [0.15, 0.2) is 35.6 Å². The van der Waals surface area contributed by atoms with Gasteiger partial charge in [-0.1, -0.05) is 6.07 Å². The van der Waals surface area contributed by atoms with Crippen LogP contribution < -0.4 is 10.5 Å². The standard InChI is InChI=1S/C16H17N5O4S/c1-9-4-5-11(6-13(9)26(17,23)24)20-15-14-10(2)12(16(22)25-3)7-21(14)19-8-18-15/h4-8H,1-3H3,(H2,17,23,24)(H,18,19,20). The average Bonchev–Trinajstić information content (AvgIpc) is 2.93. The number of nitrogens with zero attached hydrogens (tertiary/aromatic N) is 3. The number of anilines is 2. The molecule has 2 aromatic heterocycles. The van der Waals surface area contributed by atoms with Crippen molar-refractivity contribution in [2.75, 3.05) is 12.4 Å². The fraction of sp³-hybridized carbons (Fsp3) is 0.188. The number of ether oxygens (including phenoxy) is 1. The van der Waals surface area contributed by atoms with Gasteiger partial charge in [0, 0.05) is 11.9 Å². The zero-order valence-electron chi connectivity index (χ0n) is 14.3. The highest BCUT2D eigenvalue weighted by atomic mass is 32.2. The highest BCUT2D eigenvalue weighted by molar-refractivity contribution is 7.89. The lowest BCUT2D eigenvalue weighted by molar-refractivity contribution is 0.0600. The van der Waals surface area contributed by atoms with Gasteiger partial charge in [-0.15, -0.1) is 0 Å². The summed E-state index contributed by atoms with van der Waals surface area (Å²) in [7, 11) is -2.55. The minimum absolute atomic E-state index is 0.0231. The molecule has 0 saturated heterocycles. The predicted molar refractivity (Wildman–Crippen MR) is 94.9 cm³/mol. The molecule has 9 nitrogen and oxygen atoms in total. The number of sulfonamides is 1. The number of carbonyl (C=O) groups is 1. The molecular formula is C16H17N5O4S. The molecule has 0 aliphatic heterocycles. The zero-order chi connectivity index (χ0) is 19.1. The van der Waals surface area contributed by atoms with E-state index in [1.165, 1.54) is 24.0 Å². The molecule has 0 bridgehead atoms. The third-order valence-electron chi connectivity index (χ3n) is 3.99. The molecule has 3 rings (SSSR count). The van der Waals surface area contributed by atoms with Crippen molar-refractivity contribution in [3.05, 3.63) is 47.4 Å². The van der Waals surface area contributed by atoms with E-state index in [0.29, 0.717) is 33.7 Å². The van der Waals surface area contributed by atoms with Gasteiger partial charge in [0.05, 0.1) is 17.6 Å². The molecule has 3 N–H and O–H groups in total. The van der Waals surface area contributed by atoms with Gasteiger partial charge in [0.25, 0.3) is 0 Å². The maximum Gasteiger partial charge on any atom is 0.339 e. The number of hydrogen-bond acceptors (Lipinski definition) is 7. The van der Waals surface area contributed by atoms with E-state index in [-0.39, 0.29) is 4.90 Å². The second-order valence-corrected chi connectivity index (χ2v) is 7.24. The van der Waals surface area contributed by atoms with Crippen molar-refractivity contribution in [1.82, 2.24) is 14.6 Å². The first-order valence-corrected chi connectivity index (χ1v) is 9.08. The fourth-order valence-corrected chi connectivity index (χ4v) is 3.50. The zero-order valence-corrected chi connectivity index (χ0v) is 15.2. The second kappa shape index (κ2) is 6.39. The van der Waals surface area contributed by atoms with Crippen LogP contribution in [0.4, 0.5) is 11.5 Å². The molecule has 2 heterocycles. The van der Waals surface area contributed by atoms with Crippen LogP contribution in [0.2, 0.25) is 0 Å². The summed E-state index contributed by atoms with van der Waals surface area (Å²) in [5.74, 6) is -0.0670. The molecule has 1 aromatic carbocycles. The van der Waals surface area contributed by atoms with Crippen LogP contribution >= 0.6 is 0 Å². The van der Waals surface area contributed by atoms with Gasteiger partial charge in [0.15, 0.2) is 5.82 Å². The number of nitrogens with two attached hydrogens (primary N) is 1. The van der Waals surface area contributed by atoms with Crippen LogP contribution in [0.3, 0.4) is 0 Å². The Hall–Kier alpha value is -2.98. The van der Waals surface area contributed by atoms with Gasteiger partial charge < -0.3 is 10.1 Å². The number of rotatable bonds is 4. The Morgan fingerprint density at radius 1 is 1.31 bits per heavy atom. The molecule has 0 unspecified atom stereocenters. The Morgan fingerprint density at radius 2 is 2.04 bits per heavy atom.